The number of methoxy groups -OCH3 is 1. The van der Waals surface area contributed by atoms with Crippen LogP contribution in [-0.2, 0) is 24.4 Å². The van der Waals surface area contributed by atoms with E-state index >= 15 is 0 Å². The number of para-hydroxylation sites is 1. The molecule has 0 spiro atoms. The molecule has 3 aliphatic carbocycles. The number of ether oxygens (including phenoxy) is 4. The molecular formula is C38H34O8S. The summed E-state index contributed by atoms with van der Waals surface area (Å²) in [6, 6.07) is 33.8. The van der Waals surface area contributed by atoms with Gasteiger partial charge in [0.2, 0.25) is 0 Å². The molecule has 0 saturated heterocycles. The van der Waals surface area contributed by atoms with E-state index < -0.39 is 22.0 Å². The summed E-state index contributed by atoms with van der Waals surface area (Å²) >= 11 is 0. The molecule has 0 aromatic heterocycles. The van der Waals surface area contributed by atoms with Gasteiger partial charge < -0.3 is 18.9 Å². The lowest BCUT2D eigenvalue weighted by molar-refractivity contribution is -0.141. The van der Waals surface area contributed by atoms with Gasteiger partial charge in [0.1, 0.15) is 23.0 Å². The molecule has 5 aromatic carbocycles. The fourth-order valence-electron chi connectivity index (χ4n) is 7.41. The Balaban J connectivity index is 1.33. The summed E-state index contributed by atoms with van der Waals surface area (Å²) in [6.07, 6.45) is 0. The molecule has 47 heavy (non-hydrogen) atoms. The zero-order chi connectivity index (χ0) is 32.5. The van der Waals surface area contributed by atoms with E-state index in [9.17, 15) is 17.8 Å². The lowest BCUT2D eigenvalue weighted by Gasteiger charge is -2.50. The number of carbonyl (C=O) groups is 1. The Kier molecular flexibility index (Phi) is 8.55. The van der Waals surface area contributed by atoms with Crippen LogP contribution < -0.4 is 9.47 Å². The molecule has 0 fully saturated rings. The fourth-order valence-corrected chi connectivity index (χ4v) is 8.11. The summed E-state index contributed by atoms with van der Waals surface area (Å²) in [4.78, 5) is 14.4. The highest BCUT2D eigenvalue weighted by Gasteiger charge is 2.54. The molecule has 8 nitrogen and oxygen atoms in total. The number of hydrogen-bond acceptors (Lipinski definition) is 7. The number of hydrogen-bond donors (Lipinski definition) is 1. The molecule has 2 atom stereocenters. The smallest absolute Gasteiger partial charge is 0.315 e. The van der Waals surface area contributed by atoms with Crippen molar-refractivity contribution in [3.05, 3.63) is 137 Å². The van der Waals surface area contributed by atoms with Crippen LogP contribution in [0.15, 0.2) is 114 Å². The first-order valence-electron chi connectivity index (χ1n) is 15.6. The molecule has 0 radical (unpaired) electrons. The Morgan fingerprint density at radius 2 is 1.19 bits per heavy atom. The number of benzene rings is 5. The Bertz CT molecular complexity index is 2010. The summed E-state index contributed by atoms with van der Waals surface area (Å²) < 4.78 is 57.4. The maximum absolute atomic E-state index is 14.7. The van der Waals surface area contributed by atoms with Crippen LogP contribution in [0.2, 0.25) is 0 Å². The first-order chi connectivity index (χ1) is 22.9. The maximum atomic E-state index is 14.7. The maximum Gasteiger partial charge on any atom is 0.315 e. The number of carbonyl (C=O) groups excluding carboxylic acids is 1. The van der Waals surface area contributed by atoms with Crippen LogP contribution in [0.25, 0.3) is 10.8 Å². The van der Waals surface area contributed by atoms with Crippen molar-refractivity contribution in [1.82, 2.24) is 0 Å². The van der Waals surface area contributed by atoms with Crippen LogP contribution >= 0.6 is 0 Å². The number of fused-ring (bicyclic) bond motifs is 2. The van der Waals surface area contributed by atoms with Crippen LogP contribution in [0.3, 0.4) is 0 Å². The number of rotatable bonds is 11. The van der Waals surface area contributed by atoms with Crippen LogP contribution in [-0.4, -0.2) is 52.5 Å². The summed E-state index contributed by atoms with van der Waals surface area (Å²) in [5.41, 5.74) is 5.42. The van der Waals surface area contributed by atoms with Crippen LogP contribution in [0, 0.1) is 5.92 Å². The van der Waals surface area contributed by atoms with E-state index in [1.54, 1.807) is 31.4 Å². The molecule has 8 rings (SSSR count). The van der Waals surface area contributed by atoms with Gasteiger partial charge in [0.25, 0.3) is 10.1 Å². The molecule has 0 aliphatic heterocycles. The first-order valence-corrected chi connectivity index (χ1v) is 17.0. The molecule has 3 aliphatic rings. The van der Waals surface area contributed by atoms with E-state index in [4.69, 9.17) is 18.9 Å². The Morgan fingerprint density at radius 1 is 0.638 bits per heavy atom. The molecule has 240 valence electrons. The van der Waals surface area contributed by atoms with Crippen LogP contribution in [0.1, 0.15) is 45.6 Å². The van der Waals surface area contributed by atoms with Crippen molar-refractivity contribution in [2.75, 3.05) is 33.5 Å². The highest BCUT2D eigenvalue weighted by atomic mass is 32.2. The van der Waals surface area contributed by atoms with E-state index in [0.29, 0.717) is 37.6 Å². The summed E-state index contributed by atoms with van der Waals surface area (Å²) in [5.74, 6) is -0.936. The molecule has 0 saturated carbocycles. The SMILES string of the molecule is COCCOCCOc1ccccc1C1C2c3ccccc3C(c3ccccc32)C1C(=O)Oc1ccc(S(=O)(=O)O)c2ccccc12. The standard InChI is InChI=1S/C38H34O8S/c1-43-20-21-44-22-23-45-31-17-9-8-16-30(31)36-34-26-12-4-6-14-28(26)35(29-15-7-5-13-27(29)34)37(36)38(39)46-32-18-19-33(47(40,41)42)25-11-3-2-10-24(25)32/h2-19,34-37H,20-23H2,1H3,(H,40,41,42). The fraction of sp³-hybridized carbons (Fsp3) is 0.237. The van der Waals surface area contributed by atoms with Crippen molar-refractivity contribution in [2.45, 2.75) is 22.6 Å². The van der Waals surface area contributed by atoms with Crippen LogP contribution in [0.4, 0.5) is 0 Å². The minimum atomic E-state index is -4.50. The zero-order valence-electron chi connectivity index (χ0n) is 25.7. The third kappa shape index (κ3) is 5.70. The monoisotopic (exact) mass is 650 g/mol. The molecule has 2 bridgehead atoms. The minimum absolute atomic E-state index is 0.147. The lowest BCUT2D eigenvalue weighted by Crippen LogP contribution is -2.44. The van der Waals surface area contributed by atoms with E-state index in [-0.39, 0.29) is 33.8 Å². The first kappa shape index (κ1) is 31.1. The largest absolute Gasteiger partial charge is 0.491 e. The Morgan fingerprint density at radius 3 is 1.83 bits per heavy atom. The second-order valence-electron chi connectivity index (χ2n) is 11.8. The van der Waals surface area contributed by atoms with Crippen molar-refractivity contribution >= 4 is 26.9 Å². The van der Waals surface area contributed by atoms with Gasteiger partial charge in [0, 0.05) is 35.6 Å². The quantitative estimate of drug-likeness (QED) is 0.0726. The van der Waals surface area contributed by atoms with Gasteiger partial charge in [-0.05, 0) is 46.0 Å². The predicted molar refractivity (Wildman–Crippen MR) is 177 cm³/mol. The highest BCUT2D eigenvalue weighted by Crippen LogP contribution is 2.62. The average molecular weight is 651 g/mol. The van der Waals surface area contributed by atoms with E-state index in [2.05, 4.69) is 24.3 Å². The number of esters is 1. The van der Waals surface area contributed by atoms with Crippen molar-refractivity contribution in [2.24, 2.45) is 5.92 Å². The summed E-state index contributed by atoms with van der Waals surface area (Å²) in [7, 11) is -2.87. The Hall–Kier alpha value is -4.54. The van der Waals surface area contributed by atoms with Crippen molar-refractivity contribution in [3.63, 3.8) is 0 Å². The van der Waals surface area contributed by atoms with E-state index in [0.717, 1.165) is 16.7 Å². The van der Waals surface area contributed by atoms with Gasteiger partial charge in [-0.25, -0.2) is 0 Å². The zero-order valence-corrected chi connectivity index (χ0v) is 26.6. The lowest BCUT2D eigenvalue weighted by atomic mass is 9.53. The topological polar surface area (TPSA) is 108 Å². The molecule has 1 N–H and O–H groups in total. The van der Waals surface area contributed by atoms with E-state index in [1.165, 1.54) is 23.3 Å². The molecule has 0 amide bonds. The van der Waals surface area contributed by atoms with E-state index in [1.807, 2.05) is 48.5 Å². The molecule has 0 heterocycles. The van der Waals surface area contributed by atoms with Gasteiger partial charge in [-0.2, -0.15) is 8.42 Å². The van der Waals surface area contributed by atoms with Crippen molar-refractivity contribution in [3.8, 4) is 11.5 Å². The normalized spacial score (nSPS) is 19.6. The van der Waals surface area contributed by atoms with Gasteiger partial charge >= 0.3 is 5.97 Å². The minimum Gasteiger partial charge on any atom is -0.491 e. The van der Waals surface area contributed by atoms with Crippen LogP contribution in [0.5, 0.6) is 11.5 Å². The molecular weight excluding hydrogens is 616 g/mol. The third-order valence-corrected chi connectivity index (χ3v) is 10.1. The third-order valence-electron chi connectivity index (χ3n) is 9.24. The van der Waals surface area contributed by atoms with Gasteiger partial charge in [-0.1, -0.05) is 91.0 Å². The summed E-state index contributed by atoms with van der Waals surface area (Å²) in [6.45, 7) is 1.68. The predicted octanol–water partition coefficient (Wildman–Crippen LogP) is 6.72. The Labute approximate surface area is 273 Å². The van der Waals surface area contributed by atoms with Crippen molar-refractivity contribution in [1.29, 1.82) is 0 Å². The highest BCUT2D eigenvalue weighted by molar-refractivity contribution is 7.86. The van der Waals surface area contributed by atoms with Gasteiger partial charge in [0.05, 0.1) is 25.7 Å². The second kappa shape index (κ2) is 12.9. The van der Waals surface area contributed by atoms with Gasteiger partial charge in [0.15, 0.2) is 0 Å². The average Bonchev–Trinajstić information content (AvgIpc) is 3.09. The molecule has 9 heteroatoms. The molecule has 5 aromatic rings. The second-order valence-corrected chi connectivity index (χ2v) is 13.1. The van der Waals surface area contributed by atoms with Gasteiger partial charge in [-0.15, -0.1) is 0 Å². The van der Waals surface area contributed by atoms with Crippen molar-refractivity contribution < 1.29 is 36.7 Å². The summed E-state index contributed by atoms with van der Waals surface area (Å²) in [5, 5.41) is 0.677. The van der Waals surface area contributed by atoms with Gasteiger partial charge in [-0.3, -0.25) is 9.35 Å². The molecule has 2 unspecified atom stereocenters.